The summed E-state index contributed by atoms with van der Waals surface area (Å²) < 4.78 is 33.2. The Morgan fingerprint density at radius 3 is 2.71 bits per heavy atom. The topological polar surface area (TPSA) is 21.3 Å². The first-order chi connectivity index (χ1) is 10.1. The average Bonchev–Trinajstić information content (AvgIpc) is 2.47. The second-order valence-corrected chi connectivity index (χ2v) is 5.39. The van der Waals surface area contributed by atoms with Crippen LogP contribution in [0.15, 0.2) is 40.9 Å². The summed E-state index contributed by atoms with van der Waals surface area (Å²) in [6.45, 7) is 3.48. The molecule has 0 aliphatic heterocycles. The van der Waals surface area contributed by atoms with E-state index in [0.29, 0.717) is 12.3 Å². The predicted octanol–water partition coefficient (Wildman–Crippen LogP) is 4.42. The fourth-order valence-electron chi connectivity index (χ4n) is 1.92. The van der Waals surface area contributed by atoms with E-state index in [1.165, 1.54) is 0 Å². The SMILES string of the molecule is CCNCc1cccc(Br)c1OCc1cc(F)ccc1F. The van der Waals surface area contributed by atoms with Gasteiger partial charge in [-0.2, -0.15) is 0 Å². The van der Waals surface area contributed by atoms with Gasteiger partial charge in [-0.3, -0.25) is 0 Å². The summed E-state index contributed by atoms with van der Waals surface area (Å²) in [5.74, 6) is -0.311. The number of hydrogen-bond acceptors (Lipinski definition) is 2. The van der Waals surface area contributed by atoms with Crippen LogP contribution in [0, 0.1) is 11.6 Å². The largest absolute Gasteiger partial charge is 0.487 e. The number of ether oxygens (including phenoxy) is 1. The molecule has 0 saturated heterocycles. The Bertz CT molecular complexity index is 619. The van der Waals surface area contributed by atoms with Crippen LogP contribution in [0.5, 0.6) is 5.75 Å². The molecule has 0 heterocycles. The maximum absolute atomic E-state index is 13.6. The minimum absolute atomic E-state index is 0.0225. The number of para-hydroxylation sites is 1. The van der Waals surface area contributed by atoms with Crippen LogP contribution < -0.4 is 10.1 Å². The minimum atomic E-state index is -0.477. The molecule has 1 N–H and O–H groups in total. The lowest BCUT2D eigenvalue weighted by Crippen LogP contribution is -2.13. The van der Waals surface area contributed by atoms with Gasteiger partial charge in [-0.25, -0.2) is 8.78 Å². The lowest BCUT2D eigenvalue weighted by atomic mass is 10.2. The highest BCUT2D eigenvalue weighted by Gasteiger charge is 2.10. The Labute approximate surface area is 131 Å². The fraction of sp³-hybridized carbons (Fsp3) is 0.250. The normalized spacial score (nSPS) is 10.7. The summed E-state index contributed by atoms with van der Waals surface area (Å²) in [6, 6.07) is 9.04. The zero-order valence-electron chi connectivity index (χ0n) is 11.6. The van der Waals surface area contributed by atoms with Crippen molar-refractivity contribution in [2.24, 2.45) is 0 Å². The molecule has 0 aliphatic rings. The van der Waals surface area contributed by atoms with E-state index in [0.717, 1.165) is 34.8 Å². The highest BCUT2D eigenvalue weighted by molar-refractivity contribution is 9.10. The number of hydrogen-bond donors (Lipinski definition) is 1. The van der Waals surface area contributed by atoms with Gasteiger partial charge in [0.15, 0.2) is 0 Å². The van der Waals surface area contributed by atoms with Crippen molar-refractivity contribution in [1.29, 1.82) is 0 Å². The molecule has 112 valence electrons. The molecule has 2 nitrogen and oxygen atoms in total. The summed E-state index contributed by atoms with van der Waals surface area (Å²) in [5, 5.41) is 3.22. The fourth-order valence-corrected chi connectivity index (χ4v) is 2.44. The van der Waals surface area contributed by atoms with E-state index in [1.807, 2.05) is 25.1 Å². The highest BCUT2D eigenvalue weighted by Crippen LogP contribution is 2.30. The molecule has 0 radical (unpaired) electrons. The summed E-state index contributed by atoms with van der Waals surface area (Å²) in [6.07, 6.45) is 0. The van der Waals surface area contributed by atoms with Gasteiger partial charge < -0.3 is 10.1 Å². The van der Waals surface area contributed by atoms with Crippen molar-refractivity contribution in [3.8, 4) is 5.75 Å². The van der Waals surface area contributed by atoms with Crippen molar-refractivity contribution >= 4 is 15.9 Å². The van der Waals surface area contributed by atoms with Gasteiger partial charge in [0.1, 0.15) is 24.0 Å². The molecule has 21 heavy (non-hydrogen) atoms. The molecule has 0 spiro atoms. The summed E-state index contributed by atoms with van der Waals surface area (Å²) in [4.78, 5) is 0. The third kappa shape index (κ3) is 4.25. The van der Waals surface area contributed by atoms with E-state index in [2.05, 4.69) is 21.2 Å². The summed E-state index contributed by atoms with van der Waals surface area (Å²) in [5.41, 5.74) is 1.16. The molecular formula is C16H16BrF2NO. The molecule has 2 rings (SSSR count). The standard InChI is InChI=1S/C16H16BrF2NO/c1-2-20-9-11-4-3-5-14(17)16(11)21-10-12-8-13(18)6-7-15(12)19/h3-8,20H,2,9-10H2,1H3. The first kappa shape index (κ1) is 15.9. The molecule has 0 amide bonds. The van der Waals surface area contributed by atoms with E-state index >= 15 is 0 Å². The van der Waals surface area contributed by atoms with E-state index in [4.69, 9.17) is 4.74 Å². The van der Waals surface area contributed by atoms with Gasteiger partial charge in [0, 0.05) is 17.7 Å². The van der Waals surface area contributed by atoms with Gasteiger partial charge in [-0.05, 0) is 46.7 Å². The lowest BCUT2D eigenvalue weighted by Gasteiger charge is -2.14. The van der Waals surface area contributed by atoms with E-state index in [-0.39, 0.29) is 12.2 Å². The third-order valence-corrected chi connectivity index (χ3v) is 3.62. The van der Waals surface area contributed by atoms with Crippen molar-refractivity contribution < 1.29 is 13.5 Å². The Morgan fingerprint density at radius 1 is 1.14 bits per heavy atom. The second kappa shape index (κ2) is 7.52. The van der Waals surface area contributed by atoms with Gasteiger partial charge in [0.25, 0.3) is 0 Å². The van der Waals surface area contributed by atoms with Crippen molar-refractivity contribution in [2.45, 2.75) is 20.1 Å². The summed E-state index contributed by atoms with van der Waals surface area (Å²) in [7, 11) is 0. The van der Waals surface area contributed by atoms with Gasteiger partial charge in [-0.1, -0.05) is 19.1 Å². The van der Waals surface area contributed by atoms with Crippen LogP contribution in [0.2, 0.25) is 0 Å². The molecule has 0 fully saturated rings. The molecule has 0 atom stereocenters. The van der Waals surface area contributed by atoms with Gasteiger partial charge in [0.2, 0.25) is 0 Å². The van der Waals surface area contributed by atoms with Crippen LogP contribution in [0.3, 0.4) is 0 Å². The van der Waals surface area contributed by atoms with Gasteiger partial charge in [0.05, 0.1) is 4.47 Å². The predicted molar refractivity (Wildman–Crippen MR) is 82.2 cm³/mol. The third-order valence-electron chi connectivity index (χ3n) is 2.99. The molecule has 0 saturated carbocycles. The van der Waals surface area contributed by atoms with Gasteiger partial charge >= 0.3 is 0 Å². The quantitative estimate of drug-likeness (QED) is 0.828. The maximum Gasteiger partial charge on any atom is 0.138 e. The summed E-state index contributed by atoms with van der Waals surface area (Å²) >= 11 is 3.42. The Morgan fingerprint density at radius 2 is 1.95 bits per heavy atom. The molecule has 5 heteroatoms. The van der Waals surface area contributed by atoms with Crippen molar-refractivity contribution in [1.82, 2.24) is 5.32 Å². The molecule has 0 aliphatic carbocycles. The van der Waals surface area contributed by atoms with Crippen molar-refractivity contribution in [3.63, 3.8) is 0 Å². The molecule has 2 aromatic rings. The van der Waals surface area contributed by atoms with E-state index in [1.54, 1.807) is 0 Å². The molecule has 0 unspecified atom stereocenters. The molecule has 2 aromatic carbocycles. The minimum Gasteiger partial charge on any atom is -0.487 e. The number of nitrogens with one attached hydrogen (secondary N) is 1. The van der Waals surface area contributed by atoms with Crippen LogP contribution in [-0.4, -0.2) is 6.54 Å². The Kier molecular flexibility index (Phi) is 5.70. The number of rotatable bonds is 6. The average molecular weight is 356 g/mol. The zero-order valence-corrected chi connectivity index (χ0v) is 13.2. The van der Waals surface area contributed by atoms with Crippen molar-refractivity contribution in [2.75, 3.05) is 6.54 Å². The maximum atomic E-state index is 13.6. The second-order valence-electron chi connectivity index (χ2n) is 4.53. The van der Waals surface area contributed by atoms with Crippen LogP contribution in [-0.2, 0) is 13.2 Å². The van der Waals surface area contributed by atoms with Crippen LogP contribution in [0.25, 0.3) is 0 Å². The lowest BCUT2D eigenvalue weighted by molar-refractivity contribution is 0.293. The van der Waals surface area contributed by atoms with Crippen LogP contribution >= 0.6 is 15.9 Å². The van der Waals surface area contributed by atoms with Gasteiger partial charge in [-0.15, -0.1) is 0 Å². The van der Waals surface area contributed by atoms with Crippen LogP contribution in [0.1, 0.15) is 18.1 Å². The molecular weight excluding hydrogens is 340 g/mol. The van der Waals surface area contributed by atoms with Crippen LogP contribution in [0.4, 0.5) is 8.78 Å². The number of benzene rings is 2. The highest BCUT2D eigenvalue weighted by atomic mass is 79.9. The smallest absolute Gasteiger partial charge is 0.138 e. The molecule has 0 aromatic heterocycles. The van der Waals surface area contributed by atoms with Crippen molar-refractivity contribution in [3.05, 3.63) is 63.6 Å². The van der Waals surface area contributed by atoms with E-state index in [9.17, 15) is 8.78 Å². The molecule has 0 bridgehead atoms. The Balaban J connectivity index is 2.17. The zero-order chi connectivity index (χ0) is 15.2. The Hall–Kier alpha value is -1.46. The van der Waals surface area contributed by atoms with E-state index < -0.39 is 11.6 Å². The monoisotopic (exact) mass is 355 g/mol. The first-order valence-electron chi connectivity index (χ1n) is 6.66. The first-order valence-corrected chi connectivity index (χ1v) is 7.46. The number of halogens is 3.